The van der Waals surface area contributed by atoms with E-state index in [2.05, 4.69) is 20.9 Å². The van der Waals surface area contributed by atoms with Crippen molar-refractivity contribution in [2.45, 2.75) is 32.1 Å². The van der Waals surface area contributed by atoms with E-state index in [1.165, 1.54) is 45.2 Å². The number of carbonyl (C=O) groups is 1. The third kappa shape index (κ3) is 5.78. The Balaban J connectivity index is 1.49. The Labute approximate surface area is 116 Å². The molecule has 2 amide bonds. The van der Waals surface area contributed by atoms with Crippen molar-refractivity contribution in [2.75, 3.05) is 45.8 Å². The monoisotopic (exact) mass is 268 g/mol. The van der Waals surface area contributed by atoms with Crippen LogP contribution in [0.15, 0.2) is 0 Å². The van der Waals surface area contributed by atoms with Gasteiger partial charge in [0.25, 0.3) is 0 Å². The predicted molar refractivity (Wildman–Crippen MR) is 77.3 cm³/mol. The summed E-state index contributed by atoms with van der Waals surface area (Å²) < 4.78 is 0. The first-order valence-corrected chi connectivity index (χ1v) is 7.79. The van der Waals surface area contributed by atoms with Gasteiger partial charge < -0.3 is 20.9 Å². The molecule has 0 radical (unpaired) electrons. The lowest BCUT2D eigenvalue weighted by Gasteiger charge is -2.26. The summed E-state index contributed by atoms with van der Waals surface area (Å²) in [6, 6.07) is -0.0115. The van der Waals surface area contributed by atoms with Gasteiger partial charge in [-0.3, -0.25) is 0 Å². The zero-order valence-corrected chi connectivity index (χ0v) is 11.9. The van der Waals surface area contributed by atoms with Gasteiger partial charge in [0.2, 0.25) is 0 Å². The Morgan fingerprint density at radius 1 is 1.16 bits per heavy atom. The molecule has 2 fully saturated rings. The molecule has 2 heterocycles. The van der Waals surface area contributed by atoms with Crippen molar-refractivity contribution in [3.63, 3.8) is 0 Å². The van der Waals surface area contributed by atoms with Crippen LogP contribution in [0.2, 0.25) is 0 Å². The molecule has 2 aliphatic heterocycles. The third-order valence-electron chi connectivity index (χ3n) is 4.11. The van der Waals surface area contributed by atoms with Gasteiger partial charge in [-0.05, 0) is 57.8 Å². The van der Waals surface area contributed by atoms with Gasteiger partial charge in [-0.1, -0.05) is 6.42 Å². The minimum absolute atomic E-state index is 0.0115. The molecule has 0 aliphatic carbocycles. The molecule has 0 aromatic carbocycles. The van der Waals surface area contributed by atoms with Gasteiger partial charge in [0.05, 0.1) is 0 Å². The molecule has 0 saturated carbocycles. The molecule has 0 bridgehead atoms. The van der Waals surface area contributed by atoms with Gasteiger partial charge in [-0.15, -0.1) is 0 Å². The van der Waals surface area contributed by atoms with Crippen LogP contribution in [0, 0.1) is 5.92 Å². The van der Waals surface area contributed by atoms with Crippen molar-refractivity contribution in [3.05, 3.63) is 0 Å². The fraction of sp³-hybridized carbons (Fsp3) is 0.929. The maximum absolute atomic E-state index is 11.7. The summed E-state index contributed by atoms with van der Waals surface area (Å²) in [4.78, 5) is 14.1. The normalized spacial score (nSPS) is 24.9. The molecule has 0 aromatic heterocycles. The first-order chi connectivity index (χ1) is 9.34. The maximum atomic E-state index is 11.7. The molecule has 2 rings (SSSR count). The largest absolute Gasteiger partial charge is 0.338 e. The second kappa shape index (κ2) is 8.38. The summed E-state index contributed by atoms with van der Waals surface area (Å²) in [5.41, 5.74) is 0. The van der Waals surface area contributed by atoms with E-state index in [9.17, 15) is 4.79 Å². The zero-order chi connectivity index (χ0) is 13.3. The van der Waals surface area contributed by atoms with Gasteiger partial charge in [-0.25, -0.2) is 4.79 Å². The van der Waals surface area contributed by atoms with Crippen molar-refractivity contribution in [1.82, 2.24) is 20.9 Å². The van der Waals surface area contributed by atoms with Crippen molar-refractivity contribution in [2.24, 2.45) is 5.92 Å². The number of carbonyl (C=O) groups excluding carboxylic acids is 1. The highest BCUT2D eigenvalue weighted by Crippen LogP contribution is 2.08. The van der Waals surface area contributed by atoms with Gasteiger partial charge >= 0.3 is 6.03 Å². The highest BCUT2D eigenvalue weighted by molar-refractivity contribution is 5.73. The molecule has 1 unspecified atom stereocenters. The van der Waals surface area contributed by atoms with Gasteiger partial charge in [0.1, 0.15) is 0 Å². The number of hydrogen-bond acceptors (Lipinski definition) is 3. The number of likely N-dealkylation sites (tertiary alicyclic amines) is 1. The lowest BCUT2D eigenvalue weighted by atomic mass is 10.00. The Bertz CT molecular complexity index is 260. The van der Waals surface area contributed by atoms with Gasteiger partial charge in [0.15, 0.2) is 0 Å². The minimum Gasteiger partial charge on any atom is -0.338 e. The van der Waals surface area contributed by atoms with E-state index >= 15 is 0 Å². The molecule has 0 aromatic rings. The average molecular weight is 268 g/mol. The lowest BCUT2D eigenvalue weighted by molar-refractivity contribution is 0.219. The SMILES string of the molecule is O=C(NCCN1CCCCC1)NCC1CCCNC1. The van der Waals surface area contributed by atoms with Crippen LogP contribution in [0.5, 0.6) is 0 Å². The predicted octanol–water partition coefficient (Wildman–Crippen LogP) is 0.771. The molecular weight excluding hydrogens is 240 g/mol. The number of piperidine rings is 2. The highest BCUT2D eigenvalue weighted by atomic mass is 16.2. The summed E-state index contributed by atoms with van der Waals surface area (Å²) in [7, 11) is 0. The standard InChI is InChI=1S/C14H28N4O/c19-14(17-12-13-5-4-6-15-11-13)16-7-10-18-8-2-1-3-9-18/h13,15H,1-12H2,(H2,16,17,19). The highest BCUT2D eigenvalue weighted by Gasteiger charge is 2.14. The fourth-order valence-corrected chi connectivity index (χ4v) is 2.91. The summed E-state index contributed by atoms with van der Waals surface area (Å²) >= 11 is 0. The van der Waals surface area contributed by atoms with E-state index in [1.807, 2.05) is 0 Å². The second-order valence-electron chi connectivity index (χ2n) is 5.75. The number of nitrogens with zero attached hydrogens (tertiary/aromatic N) is 1. The molecule has 19 heavy (non-hydrogen) atoms. The van der Waals surface area contributed by atoms with Crippen LogP contribution < -0.4 is 16.0 Å². The van der Waals surface area contributed by atoms with Gasteiger partial charge in [-0.2, -0.15) is 0 Å². The molecule has 3 N–H and O–H groups in total. The van der Waals surface area contributed by atoms with Crippen LogP contribution in [0.3, 0.4) is 0 Å². The molecule has 5 nitrogen and oxygen atoms in total. The smallest absolute Gasteiger partial charge is 0.314 e. The number of rotatable bonds is 5. The van der Waals surface area contributed by atoms with Crippen LogP contribution in [0.1, 0.15) is 32.1 Å². The summed E-state index contributed by atoms with van der Waals surface area (Å²) in [6.45, 7) is 7.08. The summed E-state index contributed by atoms with van der Waals surface area (Å²) in [6.07, 6.45) is 6.42. The first-order valence-electron chi connectivity index (χ1n) is 7.79. The Morgan fingerprint density at radius 3 is 2.74 bits per heavy atom. The molecular formula is C14H28N4O. The minimum atomic E-state index is -0.0115. The Hall–Kier alpha value is -0.810. The second-order valence-corrected chi connectivity index (χ2v) is 5.75. The van der Waals surface area contributed by atoms with Crippen LogP contribution in [-0.2, 0) is 0 Å². The van der Waals surface area contributed by atoms with E-state index in [1.54, 1.807) is 0 Å². The molecule has 1 atom stereocenters. The molecule has 2 aliphatic rings. The summed E-state index contributed by atoms with van der Waals surface area (Å²) in [5.74, 6) is 0.599. The fourth-order valence-electron chi connectivity index (χ4n) is 2.91. The average Bonchev–Trinajstić information content (AvgIpc) is 2.47. The Kier molecular flexibility index (Phi) is 6.44. The topological polar surface area (TPSA) is 56.4 Å². The van der Waals surface area contributed by atoms with E-state index in [0.29, 0.717) is 5.92 Å². The van der Waals surface area contributed by atoms with E-state index < -0.39 is 0 Å². The van der Waals surface area contributed by atoms with Crippen molar-refractivity contribution < 1.29 is 4.79 Å². The molecule has 110 valence electrons. The van der Waals surface area contributed by atoms with Crippen molar-refractivity contribution >= 4 is 6.03 Å². The summed E-state index contributed by atoms with van der Waals surface area (Å²) in [5, 5.41) is 9.31. The van der Waals surface area contributed by atoms with E-state index in [4.69, 9.17) is 0 Å². The van der Waals surface area contributed by atoms with E-state index in [-0.39, 0.29) is 6.03 Å². The molecule has 0 spiro atoms. The first kappa shape index (κ1) is 14.6. The van der Waals surface area contributed by atoms with Crippen LogP contribution >= 0.6 is 0 Å². The van der Waals surface area contributed by atoms with Crippen molar-refractivity contribution in [1.29, 1.82) is 0 Å². The quantitative estimate of drug-likeness (QED) is 0.690. The Morgan fingerprint density at radius 2 is 2.00 bits per heavy atom. The third-order valence-corrected chi connectivity index (χ3v) is 4.11. The number of amides is 2. The zero-order valence-electron chi connectivity index (χ0n) is 11.9. The number of nitrogens with one attached hydrogen (secondary N) is 3. The van der Waals surface area contributed by atoms with Crippen LogP contribution in [0.25, 0.3) is 0 Å². The maximum Gasteiger partial charge on any atom is 0.314 e. The van der Waals surface area contributed by atoms with E-state index in [0.717, 1.165) is 32.7 Å². The molecule has 5 heteroatoms. The number of urea groups is 1. The lowest BCUT2D eigenvalue weighted by Crippen LogP contribution is -2.44. The molecule has 2 saturated heterocycles. The van der Waals surface area contributed by atoms with Gasteiger partial charge in [0, 0.05) is 19.6 Å². The van der Waals surface area contributed by atoms with Crippen LogP contribution in [0.4, 0.5) is 4.79 Å². The number of hydrogen-bond donors (Lipinski definition) is 3. The van der Waals surface area contributed by atoms with Crippen molar-refractivity contribution in [3.8, 4) is 0 Å². The van der Waals surface area contributed by atoms with Crippen LogP contribution in [-0.4, -0.2) is 56.7 Å².